The van der Waals surface area contributed by atoms with Gasteiger partial charge in [0.1, 0.15) is 11.3 Å². The lowest BCUT2D eigenvalue weighted by molar-refractivity contribution is 0.905. The Morgan fingerprint density at radius 2 is 1.95 bits per heavy atom. The summed E-state index contributed by atoms with van der Waals surface area (Å²) in [5.74, 6) is 1.32. The maximum Gasteiger partial charge on any atom is 0.164 e. The van der Waals surface area contributed by atoms with Crippen LogP contribution in [0.25, 0.3) is 16.9 Å². The highest BCUT2D eigenvalue weighted by Gasteiger charge is 2.14. The zero-order valence-electron chi connectivity index (χ0n) is 10.7. The third kappa shape index (κ3) is 2.90. The molecule has 0 radical (unpaired) electrons. The van der Waals surface area contributed by atoms with Crippen molar-refractivity contribution in [1.29, 1.82) is 0 Å². The Bertz CT molecular complexity index is 817. The minimum atomic E-state index is 0.478. The average molecular weight is 406 g/mol. The first-order valence-electron chi connectivity index (χ1n) is 6.14. The highest BCUT2D eigenvalue weighted by Crippen LogP contribution is 2.28. The molecule has 0 aliphatic rings. The van der Waals surface area contributed by atoms with Gasteiger partial charge in [-0.3, -0.25) is 4.57 Å². The highest BCUT2D eigenvalue weighted by molar-refractivity contribution is 9.10. The topological polar surface area (TPSA) is 30.7 Å². The Morgan fingerprint density at radius 3 is 2.67 bits per heavy atom. The molecule has 0 saturated carbocycles. The monoisotopic (exact) mass is 403 g/mol. The van der Waals surface area contributed by atoms with Crippen LogP contribution in [0.1, 0.15) is 5.82 Å². The number of pyridine rings is 1. The van der Waals surface area contributed by atoms with Crippen LogP contribution in [0.3, 0.4) is 0 Å². The van der Waals surface area contributed by atoms with Gasteiger partial charge in [0.05, 0.1) is 15.7 Å². The van der Waals surface area contributed by atoms with Gasteiger partial charge in [-0.05, 0) is 40.2 Å². The van der Waals surface area contributed by atoms with E-state index < -0.39 is 0 Å². The molecule has 2 heterocycles. The summed E-state index contributed by atoms with van der Waals surface area (Å²) in [6.07, 6.45) is 2.37. The highest BCUT2D eigenvalue weighted by atomic mass is 79.9. The maximum atomic E-state index is 6.12. The molecule has 3 nitrogen and oxygen atoms in total. The van der Waals surface area contributed by atoms with Gasteiger partial charge in [-0.1, -0.05) is 23.2 Å². The van der Waals surface area contributed by atoms with Gasteiger partial charge in [-0.15, -0.1) is 11.6 Å². The fourth-order valence-electron chi connectivity index (χ4n) is 2.13. The molecule has 0 spiro atoms. The molecule has 0 bridgehead atoms. The van der Waals surface area contributed by atoms with Gasteiger partial charge in [-0.25, -0.2) is 9.97 Å². The molecule has 3 rings (SSSR count). The molecule has 3 aromatic rings. The molecule has 0 aliphatic carbocycles. The summed E-state index contributed by atoms with van der Waals surface area (Å²) in [5, 5.41) is 1.00. The predicted octanol–water partition coefficient (Wildman–Crippen LogP) is 5.27. The van der Waals surface area contributed by atoms with Crippen LogP contribution in [-0.2, 0) is 6.42 Å². The lowest BCUT2D eigenvalue weighted by Crippen LogP contribution is -2.03. The standard InChI is InChI=1S/C14H9BrCl3N3/c15-8-5-12-14(19-7-8)21(13(20-12)3-4-16)9-1-2-10(17)11(18)6-9/h1-2,5-7H,3-4H2. The first-order valence-corrected chi connectivity index (χ1v) is 8.23. The van der Waals surface area contributed by atoms with E-state index in [0.717, 1.165) is 27.1 Å². The second-order valence-corrected chi connectivity index (χ2v) is 6.51. The second-order valence-electron chi connectivity index (χ2n) is 4.40. The first-order chi connectivity index (χ1) is 10.1. The van der Waals surface area contributed by atoms with Crippen molar-refractivity contribution in [2.45, 2.75) is 6.42 Å². The average Bonchev–Trinajstić information content (AvgIpc) is 2.79. The summed E-state index contributed by atoms with van der Waals surface area (Å²) >= 11 is 21.4. The summed E-state index contributed by atoms with van der Waals surface area (Å²) in [4.78, 5) is 9.05. The zero-order chi connectivity index (χ0) is 15.0. The van der Waals surface area contributed by atoms with Crippen LogP contribution in [0, 0.1) is 0 Å². The SMILES string of the molecule is ClCCc1nc2cc(Br)cnc2n1-c1ccc(Cl)c(Cl)c1. The molecule has 21 heavy (non-hydrogen) atoms. The number of alkyl halides is 1. The molecule has 2 aromatic heterocycles. The van der Waals surface area contributed by atoms with E-state index in [2.05, 4.69) is 25.9 Å². The van der Waals surface area contributed by atoms with E-state index >= 15 is 0 Å². The number of imidazole rings is 1. The van der Waals surface area contributed by atoms with Crippen LogP contribution in [-0.4, -0.2) is 20.4 Å². The molecule has 1 aromatic carbocycles. The fourth-order valence-corrected chi connectivity index (χ4v) is 2.92. The van der Waals surface area contributed by atoms with Crippen molar-refractivity contribution in [1.82, 2.24) is 14.5 Å². The van der Waals surface area contributed by atoms with Crippen LogP contribution in [0.2, 0.25) is 10.0 Å². The molecule has 0 saturated heterocycles. The van der Waals surface area contributed by atoms with Gasteiger partial charge in [-0.2, -0.15) is 0 Å². The lowest BCUT2D eigenvalue weighted by Gasteiger charge is -2.09. The summed E-state index contributed by atoms with van der Waals surface area (Å²) in [6, 6.07) is 7.37. The van der Waals surface area contributed by atoms with Crippen molar-refractivity contribution in [3.63, 3.8) is 0 Å². The number of fused-ring (bicyclic) bond motifs is 1. The second kappa shape index (κ2) is 6.13. The van der Waals surface area contributed by atoms with E-state index in [1.165, 1.54) is 0 Å². The van der Waals surface area contributed by atoms with E-state index in [1.54, 1.807) is 18.3 Å². The number of halogens is 4. The van der Waals surface area contributed by atoms with E-state index in [4.69, 9.17) is 34.8 Å². The van der Waals surface area contributed by atoms with Gasteiger partial charge < -0.3 is 0 Å². The third-order valence-corrected chi connectivity index (χ3v) is 4.37. The molecule has 0 unspecified atom stereocenters. The molecule has 0 fully saturated rings. The van der Waals surface area contributed by atoms with Crippen molar-refractivity contribution in [3.8, 4) is 5.69 Å². The van der Waals surface area contributed by atoms with E-state index in [9.17, 15) is 0 Å². The Kier molecular flexibility index (Phi) is 4.41. The number of hydrogen-bond donors (Lipinski definition) is 0. The molecular formula is C14H9BrCl3N3. The van der Waals surface area contributed by atoms with Crippen LogP contribution in [0.15, 0.2) is 34.9 Å². The largest absolute Gasteiger partial charge is 0.281 e. The van der Waals surface area contributed by atoms with Gasteiger partial charge in [0, 0.05) is 23.0 Å². The lowest BCUT2D eigenvalue weighted by atomic mass is 10.3. The van der Waals surface area contributed by atoms with Crippen LogP contribution < -0.4 is 0 Å². The van der Waals surface area contributed by atoms with Crippen molar-refractivity contribution >= 4 is 61.9 Å². The number of aryl methyl sites for hydroxylation is 1. The third-order valence-electron chi connectivity index (χ3n) is 3.01. The number of nitrogens with zero attached hydrogens (tertiary/aromatic N) is 3. The van der Waals surface area contributed by atoms with Crippen LogP contribution >= 0.6 is 50.7 Å². The van der Waals surface area contributed by atoms with Gasteiger partial charge in [0.2, 0.25) is 0 Å². The number of rotatable bonds is 3. The van der Waals surface area contributed by atoms with Gasteiger partial charge in [0.25, 0.3) is 0 Å². The maximum absolute atomic E-state index is 6.12. The van der Waals surface area contributed by atoms with E-state index in [-0.39, 0.29) is 0 Å². The zero-order valence-corrected chi connectivity index (χ0v) is 14.5. The van der Waals surface area contributed by atoms with E-state index in [1.807, 2.05) is 16.7 Å². The number of hydrogen-bond acceptors (Lipinski definition) is 2. The molecule has 0 N–H and O–H groups in total. The smallest absolute Gasteiger partial charge is 0.164 e. The Balaban J connectivity index is 2.27. The Morgan fingerprint density at radius 1 is 1.14 bits per heavy atom. The van der Waals surface area contributed by atoms with Crippen molar-refractivity contribution in [2.24, 2.45) is 0 Å². The van der Waals surface area contributed by atoms with Crippen LogP contribution in [0.4, 0.5) is 0 Å². The van der Waals surface area contributed by atoms with Crippen molar-refractivity contribution in [2.75, 3.05) is 5.88 Å². The minimum Gasteiger partial charge on any atom is -0.281 e. The normalized spacial score (nSPS) is 11.2. The summed E-state index contributed by atoms with van der Waals surface area (Å²) < 4.78 is 2.83. The molecule has 0 aliphatic heterocycles. The summed E-state index contributed by atoms with van der Waals surface area (Å²) in [7, 11) is 0. The molecule has 7 heteroatoms. The van der Waals surface area contributed by atoms with Crippen molar-refractivity contribution in [3.05, 3.63) is 50.8 Å². The fraction of sp³-hybridized carbons (Fsp3) is 0.143. The molecule has 0 atom stereocenters. The first kappa shape index (κ1) is 15.1. The minimum absolute atomic E-state index is 0.478. The molecule has 108 valence electrons. The quantitative estimate of drug-likeness (QED) is 0.556. The van der Waals surface area contributed by atoms with Crippen LogP contribution in [0.5, 0.6) is 0 Å². The Labute approximate surface area is 145 Å². The van der Waals surface area contributed by atoms with Crippen molar-refractivity contribution < 1.29 is 0 Å². The molecule has 0 amide bonds. The van der Waals surface area contributed by atoms with E-state index in [0.29, 0.717) is 22.3 Å². The predicted molar refractivity (Wildman–Crippen MR) is 91.0 cm³/mol. The summed E-state index contributed by atoms with van der Waals surface area (Å²) in [6.45, 7) is 0. The van der Waals surface area contributed by atoms with Gasteiger partial charge in [0.15, 0.2) is 5.65 Å². The Hall–Kier alpha value is -0.810. The molecular weight excluding hydrogens is 396 g/mol. The van der Waals surface area contributed by atoms with Gasteiger partial charge >= 0.3 is 0 Å². The summed E-state index contributed by atoms with van der Waals surface area (Å²) in [5.41, 5.74) is 2.43. The number of benzene rings is 1. The number of aromatic nitrogens is 3.